The van der Waals surface area contributed by atoms with Crippen molar-refractivity contribution in [3.8, 4) is 0 Å². The highest BCUT2D eigenvalue weighted by molar-refractivity contribution is 5.89. The van der Waals surface area contributed by atoms with E-state index >= 15 is 0 Å². The molecule has 0 radical (unpaired) electrons. The molecule has 0 fully saturated rings. The number of aliphatic carboxylic acids is 1. The van der Waals surface area contributed by atoms with Crippen LogP contribution in [0.2, 0.25) is 0 Å². The summed E-state index contributed by atoms with van der Waals surface area (Å²) in [6, 6.07) is 10.7. The first-order chi connectivity index (χ1) is 9.21. The number of carbonyl (C=O) groups is 2. The Balaban J connectivity index is 0.000000246. The number of aromatic carboxylic acids is 1. The largest absolute Gasteiger partial charge is 0.481 e. The molecule has 2 N–H and O–H groups in total. The van der Waals surface area contributed by atoms with Crippen molar-refractivity contribution in [2.75, 3.05) is 0 Å². The molecule has 0 aliphatic heterocycles. The average Bonchev–Trinajstić information content (AvgIpc) is 2.37. The topological polar surface area (TPSA) is 87.5 Å². The van der Waals surface area contributed by atoms with Gasteiger partial charge >= 0.3 is 11.9 Å². The van der Waals surface area contributed by atoms with Crippen molar-refractivity contribution in [1.82, 2.24) is 4.98 Å². The van der Waals surface area contributed by atoms with Crippen LogP contribution in [-0.2, 0) is 4.79 Å². The molecule has 0 bridgehead atoms. The maximum Gasteiger partial charge on any atom is 0.354 e. The minimum Gasteiger partial charge on any atom is -0.481 e. The maximum atomic E-state index is 10.6. The highest BCUT2D eigenvalue weighted by atomic mass is 16.4. The van der Waals surface area contributed by atoms with Gasteiger partial charge in [-0.25, -0.2) is 9.78 Å². The van der Waals surface area contributed by atoms with Crippen molar-refractivity contribution in [1.29, 1.82) is 0 Å². The molecule has 0 saturated carbocycles. The number of hydrogen-bond donors (Lipinski definition) is 2. The summed E-state index contributed by atoms with van der Waals surface area (Å²) in [6.07, 6.45) is 0. The lowest BCUT2D eigenvalue weighted by atomic mass is 9.98. The Bertz CT molecular complexity index is 629. The first-order valence-electron chi connectivity index (χ1n) is 6.04. The van der Waals surface area contributed by atoms with Gasteiger partial charge in [-0.3, -0.25) is 4.79 Å². The van der Waals surface area contributed by atoms with Gasteiger partial charge in [0.1, 0.15) is 5.69 Å². The van der Waals surface area contributed by atoms with E-state index in [2.05, 4.69) is 4.98 Å². The second kappa shape index (κ2) is 6.14. The third-order valence-corrected chi connectivity index (χ3v) is 2.46. The average molecular weight is 275 g/mol. The van der Waals surface area contributed by atoms with Gasteiger partial charge in [0.25, 0.3) is 0 Å². The van der Waals surface area contributed by atoms with Crippen LogP contribution < -0.4 is 0 Å². The van der Waals surface area contributed by atoms with Crippen LogP contribution in [0.3, 0.4) is 0 Å². The zero-order valence-corrected chi connectivity index (χ0v) is 11.6. The van der Waals surface area contributed by atoms with Crippen molar-refractivity contribution in [3.63, 3.8) is 0 Å². The molecule has 0 amide bonds. The molecule has 0 atom stereocenters. The van der Waals surface area contributed by atoms with Gasteiger partial charge < -0.3 is 10.2 Å². The van der Waals surface area contributed by atoms with Crippen LogP contribution >= 0.6 is 0 Å². The second-order valence-electron chi connectivity index (χ2n) is 5.25. The lowest BCUT2D eigenvalue weighted by Gasteiger charge is -2.08. The predicted octanol–water partition coefficient (Wildman–Crippen LogP) is 3.05. The SMILES string of the molecule is CC(C)(C)C(=O)O.O=C(O)c1ccc2ccccc2n1. The van der Waals surface area contributed by atoms with E-state index < -0.39 is 17.4 Å². The molecule has 1 aromatic carbocycles. The smallest absolute Gasteiger partial charge is 0.354 e. The number of hydrogen-bond acceptors (Lipinski definition) is 3. The standard InChI is InChI=1S/C10H7NO2.C5H10O2/c12-10(13)9-6-5-7-3-1-2-4-8(7)11-9;1-5(2,3)4(6)7/h1-6H,(H,12,13);1-3H3,(H,6,7). The Morgan fingerprint density at radius 3 is 2.05 bits per heavy atom. The molecule has 1 heterocycles. The number of rotatable bonds is 1. The summed E-state index contributed by atoms with van der Waals surface area (Å²) in [6.45, 7) is 4.99. The number of para-hydroxylation sites is 1. The first-order valence-corrected chi connectivity index (χ1v) is 6.04. The fourth-order valence-electron chi connectivity index (χ4n) is 1.19. The molecule has 20 heavy (non-hydrogen) atoms. The lowest BCUT2D eigenvalue weighted by molar-refractivity contribution is -0.145. The Labute approximate surface area is 116 Å². The molecule has 0 aliphatic rings. The van der Waals surface area contributed by atoms with Gasteiger partial charge in [0.2, 0.25) is 0 Å². The maximum absolute atomic E-state index is 10.6. The molecule has 0 aliphatic carbocycles. The van der Waals surface area contributed by atoms with Crippen molar-refractivity contribution < 1.29 is 19.8 Å². The van der Waals surface area contributed by atoms with E-state index in [-0.39, 0.29) is 5.69 Å². The van der Waals surface area contributed by atoms with Crippen LogP contribution in [0, 0.1) is 5.41 Å². The number of aromatic nitrogens is 1. The van der Waals surface area contributed by atoms with Crippen molar-refractivity contribution in [3.05, 3.63) is 42.1 Å². The number of fused-ring (bicyclic) bond motifs is 1. The van der Waals surface area contributed by atoms with Crippen LogP contribution in [-0.4, -0.2) is 27.1 Å². The monoisotopic (exact) mass is 275 g/mol. The van der Waals surface area contributed by atoms with Crippen LogP contribution in [0.4, 0.5) is 0 Å². The molecular weight excluding hydrogens is 258 g/mol. The first kappa shape index (κ1) is 15.6. The fraction of sp³-hybridized carbons (Fsp3) is 0.267. The van der Waals surface area contributed by atoms with E-state index in [9.17, 15) is 9.59 Å². The third kappa shape index (κ3) is 4.35. The summed E-state index contributed by atoms with van der Waals surface area (Å²) in [5.74, 6) is -1.75. The van der Waals surface area contributed by atoms with E-state index in [1.165, 1.54) is 6.07 Å². The van der Waals surface area contributed by atoms with Crippen LogP contribution in [0.15, 0.2) is 36.4 Å². The van der Waals surface area contributed by atoms with Gasteiger partial charge in [0, 0.05) is 5.39 Å². The van der Waals surface area contributed by atoms with Gasteiger partial charge in [-0.1, -0.05) is 24.3 Å². The minimum atomic E-state index is -0.995. The van der Waals surface area contributed by atoms with Gasteiger partial charge in [0.05, 0.1) is 10.9 Å². The molecular formula is C15H17NO4. The Morgan fingerprint density at radius 2 is 1.55 bits per heavy atom. The number of carboxylic acids is 2. The third-order valence-electron chi connectivity index (χ3n) is 2.46. The molecule has 106 valence electrons. The van der Waals surface area contributed by atoms with E-state index in [1.54, 1.807) is 32.9 Å². The van der Waals surface area contributed by atoms with Gasteiger partial charge in [-0.2, -0.15) is 0 Å². The predicted molar refractivity (Wildman–Crippen MR) is 75.8 cm³/mol. The Kier molecular flexibility index (Phi) is 4.80. The number of carboxylic acid groups (broad SMARTS) is 2. The van der Waals surface area contributed by atoms with Gasteiger partial charge in [-0.05, 0) is 32.9 Å². The van der Waals surface area contributed by atoms with Gasteiger partial charge in [0.15, 0.2) is 0 Å². The van der Waals surface area contributed by atoms with E-state index in [0.717, 1.165) is 5.39 Å². The molecule has 1 aromatic heterocycles. The fourth-order valence-corrected chi connectivity index (χ4v) is 1.19. The quantitative estimate of drug-likeness (QED) is 0.835. The number of benzene rings is 1. The highest BCUT2D eigenvalue weighted by Gasteiger charge is 2.18. The highest BCUT2D eigenvalue weighted by Crippen LogP contribution is 2.12. The summed E-state index contributed by atoms with van der Waals surface area (Å²) in [7, 11) is 0. The number of pyridine rings is 1. The van der Waals surface area contributed by atoms with E-state index in [4.69, 9.17) is 10.2 Å². The summed E-state index contributed by atoms with van der Waals surface area (Å²) in [4.78, 5) is 24.6. The Hall–Kier alpha value is -2.43. The minimum absolute atomic E-state index is 0.0821. The number of nitrogens with zero attached hydrogens (tertiary/aromatic N) is 1. The molecule has 5 heteroatoms. The van der Waals surface area contributed by atoms with E-state index in [1.807, 2.05) is 18.2 Å². The lowest BCUT2D eigenvalue weighted by Crippen LogP contribution is -2.18. The van der Waals surface area contributed by atoms with E-state index in [0.29, 0.717) is 5.52 Å². The summed E-state index contributed by atoms with van der Waals surface area (Å²) >= 11 is 0. The molecule has 0 saturated heterocycles. The van der Waals surface area contributed by atoms with Crippen LogP contribution in [0.1, 0.15) is 31.3 Å². The normalized spacial score (nSPS) is 10.6. The summed E-state index contributed by atoms with van der Waals surface area (Å²) in [5, 5.41) is 17.9. The van der Waals surface area contributed by atoms with Gasteiger partial charge in [-0.15, -0.1) is 0 Å². The van der Waals surface area contributed by atoms with Crippen molar-refractivity contribution in [2.45, 2.75) is 20.8 Å². The summed E-state index contributed by atoms with van der Waals surface area (Å²) < 4.78 is 0. The van der Waals surface area contributed by atoms with Crippen LogP contribution in [0.5, 0.6) is 0 Å². The summed E-state index contributed by atoms with van der Waals surface area (Å²) in [5.41, 5.74) is 0.209. The zero-order valence-electron chi connectivity index (χ0n) is 11.6. The molecule has 2 rings (SSSR count). The Morgan fingerprint density at radius 1 is 1.00 bits per heavy atom. The molecule has 0 spiro atoms. The zero-order chi connectivity index (χ0) is 15.3. The molecule has 0 unspecified atom stereocenters. The second-order valence-corrected chi connectivity index (χ2v) is 5.25. The molecule has 2 aromatic rings. The van der Waals surface area contributed by atoms with Crippen molar-refractivity contribution in [2.24, 2.45) is 5.41 Å². The molecule has 5 nitrogen and oxygen atoms in total. The van der Waals surface area contributed by atoms with Crippen LogP contribution in [0.25, 0.3) is 10.9 Å². The van der Waals surface area contributed by atoms with Crippen molar-refractivity contribution >= 4 is 22.8 Å².